The average molecular weight is 313 g/mol. The van der Waals surface area contributed by atoms with E-state index in [1.54, 1.807) is 12.1 Å². The first kappa shape index (κ1) is 16.7. The number of hydrogen-bond acceptors (Lipinski definition) is 2. The van der Waals surface area contributed by atoms with Gasteiger partial charge in [0.2, 0.25) is 0 Å². The largest absolute Gasteiger partial charge is 0.311 e. The first-order valence-corrected chi connectivity index (χ1v) is 8.30. The summed E-state index contributed by atoms with van der Waals surface area (Å²) in [5, 5.41) is 4.24. The van der Waals surface area contributed by atoms with Gasteiger partial charge in [-0.1, -0.05) is 38.8 Å². The van der Waals surface area contributed by atoms with E-state index in [0.29, 0.717) is 35.1 Å². The molecule has 1 N–H and O–H groups in total. The minimum atomic E-state index is -0.158. The van der Waals surface area contributed by atoms with Crippen LogP contribution in [0.25, 0.3) is 0 Å². The molecule has 1 aromatic carbocycles. The van der Waals surface area contributed by atoms with Gasteiger partial charge in [-0.2, -0.15) is 0 Å². The normalized spacial score (nSPS) is 23.7. The van der Waals surface area contributed by atoms with Crippen molar-refractivity contribution in [3.05, 3.63) is 34.6 Å². The van der Waals surface area contributed by atoms with E-state index in [1.807, 2.05) is 0 Å². The first-order valence-electron chi connectivity index (χ1n) is 7.92. The minimum absolute atomic E-state index is 0.158. The maximum atomic E-state index is 14.0. The van der Waals surface area contributed by atoms with Gasteiger partial charge in [0.05, 0.1) is 0 Å². The molecule has 0 aliphatic carbocycles. The zero-order valence-corrected chi connectivity index (χ0v) is 14.0. The van der Waals surface area contributed by atoms with Crippen molar-refractivity contribution >= 4 is 11.6 Å². The molecule has 1 heterocycles. The van der Waals surface area contributed by atoms with E-state index in [0.717, 1.165) is 25.9 Å². The van der Waals surface area contributed by atoms with Crippen LogP contribution in [0.1, 0.15) is 39.2 Å². The van der Waals surface area contributed by atoms with E-state index in [4.69, 9.17) is 11.6 Å². The summed E-state index contributed by atoms with van der Waals surface area (Å²) in [7, 11) is 0. The van der Waals surface area contributed by atoms with Gasteiger partial charge < -0.3 is 5.32 Å². The number of nitrogens with one attached hydrogen (secondary N) is 1. The van der Waals surface area contributed by atoms with Gasteiger partial charge in [0.25, 0.3) is 0 Å². The third kappa shape index (κ3) is 4.41. The lowest BCUT2D eigenvalue weighted by atomic mass is 9.97. The van der Waals surface area contributed by atoms with Gasteiger partial charge in [0.1, 0.15) is 5.82 Å². The summed E-state index contributed by atoms with van der Waals surface area (Å²) in [6.07, 6.45) is 2.28. The molecule has 1 fully saturated rings. The zero-order valence-electron chi connectivity index (χ0n) is 13.2. The SMILES string of the molecule is CCCC1CNC(C(C)C)CN1Cc1cc(Cl)ccc1F. The van der Waals surface area contributed by atoms with Gasteiger partial charge in [-0.3, -0.25) is 4.90 Å². The molecule has 118 valence electrons. The molecule has 0 amide bonds. The second kappa shape index (κ2) is 7.57. The Hall–Kier alpha value is -0.640. The molecular weight excluding hydrogens is 287 g/mol. The van der Waals surface area contributed by atoms with E-state index in [9.17, 15) is 4.39 Å². The second-order valence-electron chi connectivity index (χ2n) is 6.37. The second-order valence-corrected chi connectivity index (χ2v) is 6.80. The summed E-state index contributed by atoms with van der Waals surface area (Å²) in [5.74, 6) is 0.425. The molecule has 2 nitrogen and oxygen atoms in total. The molecule has 0 saturated carbocycles. The van der Waals surface area contributed by atoms with Crippen molar-refractivity contribution in [3.63, 3.8) is 0 Å². The topological polar surface area (TPSA) is 15.3 Å². The standard InChI is InChI=1S/C17H26ClFN2/c1-4-5-15-9-20-17(12(2)3)11-21(15)10-13-8-14(18)6-7-16(13)19/h6-8,12,15,17,20H,4-5,9-11H2,1-3H3. The molecule has 4 heteroatoms. The van der Waals surface area contributed by atoms with E-state index in [1.165, 1.54) is 6.07 Å². The van der Waals surface area contributed by atoms with Crippen LogP contribution in [-0.2, 0) is 6.54 Å². The predicted octanol–water partition coefficient (Wildman–Crippen LogP) is 4.08. The lowest BCUT2D eigenvalue weighted by Crippen LogP contribution is -2.57. The average Bonchev–Trinajstić information content (AvgIpc) is 2.44. The van der Waals surface area contributed by atoms with Crippen molar-refractivity contribution in [1.29, 1.82) is 0 Å². The Morgan fingerprint density at radius 2 is 2.19 bits per heavy atom. The van der Waals surface area contributed by atoms with E-state index < -0.39 is 0 Å². The minimum Gasteiger partial charge on any atom is -0.311 e. The Balaban J connectivity index is 2.13. The highest BCUT2D eigenvalue weighted by Crippen LogP contribution is 2.22. The quantitative estimate of drug-likeness (QED) is 0.881. The summed E-state index contributed by atoms with van der Waals surface area (Å²) < 4.78 is 14.0. The molecule has 1 aromatic rings. The smallest absolute Gasteiger partial charge is 0.127 e. The van der Waals surface area contributed by atoms with Crippen molar-refractivity contribution in [2.75, 3.05) is 13.1 Å². The maximum absolute atomic E-state index is 14.0. The molecule has 1 aliphatic heterocycles. The molecule has 0 bridgehead atoms. The molecular formula is C17H26ClFN2. The van der Waals surface area contributed by atoms with Crippen molar-refractivity contribution < 1.29 is 4.39 Å². The molecule has 0 aromatic heterocycles. The number of rotatable bonds is 5. The summed E-state index contributed by atoms with van der Waals surface area (Å²) in [5.41, 5.74) is 0.702. The molecule has 1 aliphatic rings. The Bertz CT molecular complexity index is 464. The lowest BCUT2D eigenvalue weighted by Gasteiger charge is -2.42. The number of piperazine rings is 1. The highest BCUT2D eigenvalue weighted by Gasteiger charge is 2.29. The first-order chi connectivity index (χ1) is 10.0. The van der Waals surface area contributed by atoms with Gasteiger partial charge in [-0.25, -0.2) is 4.39 Å². The zero-order chi connectivity index (χ0) is 15.4. The number of hydrogen-bond donors (Lipinski definition) is 1. The van der Waals surface area contributed by atoms with Gasteiger partial charge in [0.15, 0.2) is 0 Å². The highest BCUT2D eigenvalue weighted by molar-refractivity contribution is 6.30. The summed E-state index contributed by atoms with van der Waals surface area (Å²) in [6.45, 7) is 9.26. The fraction of sp³-hybridized carbons (Fsp3) is 0.647. The van der Waals surface area contributed by atoms with Gasteiger partial charge >= 0.3 is 0 Å². The molecule has 2 atom stereocenters. The van der Waals surface area contributed by atoms with Crippen LogP contribution in [0, 0.1) is 11.7 Å². The van der Waals surface area contributed by atoms with E-state index in [2.05, 4.69) is 31.0 Å². The third-order valence-electron chi connectivity index (χ3n) is 4.37. The van der Waals surface area contributed by atoms with Crippen LogP contribution in [0.3, 0.4) is 0 Å². The van der Waals surface area contributed by atoms with Crippen LogP contribution in [0.4, 0.5) is 4.39 Å². The molecule has 0 radical (unpaired) electrons. The Labute approximate surface area is 132 Å². The van der Waals surface area contributed by atoms with Crippen LogP contribution < -0.4 is 5.32 Å². The van der Waals surface area contributed by atoms with Crippen LogP contribution >= 0.6 is 11.6 Å². The highest BCUT2D eigenvalue weighted by atomic mass is 35.5. The number of halogens is 2. The maximum Gasteiger partial charge on any atom is 0.127 e. The van der Waals surface area contributed by atoms with Crippen molar-refractivity contribution in [1.82, 2.24) is 10.2 Å². The van der Waals surface area contributed by atoms with Crippen LogP contribution in [0.15, 0.2) is 18.2 Å². The summed E-state index contributed by atoms with van der Waals surface area (Å²) in [4.78, 5) is 2.42. The molecule has 21 heavy (non-hydrogen) atoms. The Kier molecular flexibility index (Phi) is 6.03. The summed E-state index contributed by atoms with van der Waals surface area (Å²) in [6, 6.07) is 5.78. The Morgan fingerprint density at radius 3 is 2.86 bits per heavy atom. The van der Waals surface area contributed by atoms with E-state index in [-0.39, 0.29) is 5.82 Å². The Morgan fingerprint density at radius 1 is 1.43 bits per heavy atom. The molecule has 0 spiro atoms. The predicted molar refractivity (Wildman–Crippen MR) is 87.1 cm³/mol. The van der Waals surface area contributed by atoms with Gasteiger partial charge in [0, 0.05) is 42.3 Å². The third-order valence-corrected chi connectivity index (χ3v) is 4.61. The molecule has 2 unspecified atom stereocenters. The van der Waals surface area contributed by atoms with Crippen molar-refractivity contribution in [2.24, 2.45) is 5.92 Å². The van der Waals surface area contributed by atoms with Crippen LogP contribution in [0.5, 0.6) is 0 Å². The molecule has 2 rings (SSSR count). The van der Waals surface area contributed by atoms with Crippen LogP contribution in [-0.4, -0.2) is 30.1 Å². The fourth-order valence-corrected chi connectivity index (χ4v) is 3.22. The number of nitrogens with zero attached hydrogens (tertiary/aromatic N) is 1. The van der Waals surface area contributed by atoms with Gasteiger partial charge in [-0.05, 0) is 30.5 Å². The summed E-state index contributed by atoms with van der Waals surface area (Å²) >= 11 is 6.01. The fourth-order valence-electron chi connectivity index (χ4n) is 3.02. The lowest BCUT2D eigenvalue weighted by molar-refractivity contribution is 0.0986. The van der Waals surface area contributed by atoms with E-state index >= 15 is 0 Å². The number of benzene rings is 1. The van der Waals surface area contributed by atoms with Gasteiger partial charge in [-0.15, -0.1) is 0 Å². The van der Waals surface area contributed by atoms with Crippen molar-refractivity contribution in [2.45, 2.75) is 52.2 Å². The molecule has 1 saturated heterocycles. The monoisotopic (exact) mass is 312 g/mol. The van der Waals surface area contributed by atoms with Crippen molar-refractivity contribution in [3.8, 4) is 0 Å². The van der Waals surface area contributed by atoms with Crippen LogP contribution in [0.2, 0.25) is 5.02 Å².